The van der Waals surface area contributed by atoms with Crippen molar-refractivity contribution in [2.24, 2.45) is 5.92 Å². The molecule has 0 aromatic rings. The Hall–Kier alpha value is -1.61. The number of hydrogen-bond acceptors (Lipinski definition) is 8. The zero-order chi connectivity index (χ0) is 21.2. The van der Waals surface area contributed by atoms with E-state index < -0.39 is 53.6 Å². The number of esters is 2. The minimum Gasteiger partial charge on any atom is -0.459 e. The van der Waals surface area contributed by atoms with Crippen LogP contribution in [0.15, 0.2) is 35.5 Å². The molecule has 8 heteroatoms. The van der Waals surface area contributed by atoms with E-state index in [1.807, 2.05) is 6.92 Å². The van der Waals surface area contributed by atoms with Crippen molar-refractivity contribution in [3.8, 4) is 0 Å². The molecule has 0 amide bonds. The fourth-order valence-electron chi connectivity index (χ4n) is 3.48. The number of carbonyl (C=O) groups excluding carboxylic acids is 2. The summed E-state index contributed by atoms with van der Waals surface area (Å²) < 4.78 is 11.0. The van der Waals surface area contributed by atoms with Gasteiger partial charge >= 0.3 is 11.9 Å². The molecule has 1 heterocycles. The molecule has 3 N–H and O–H groups in total. The van der Waals surface area contributed by atoms with Crippen molar-refractivity contribution in [2.75, 3.05) is 6.61 Å². The second kappa shape index (κ2) is 8.82. The van der Waals surface area contributed by atoms with Crippen LogP contribution < -0.4 is 0 Å². The number of rotatable bonds is 4. The van der Waals surface area contributed by atoms with Crippen LogP contribution in [-0.4, -0.2) is 63.0 Å². The fraction of sp³-hybridized carbons (Fsp3) is 0.600. The molecule has 156 valence electrons. The van der Waals surface area contributed by atoms with E-state index in [2.05, 4.69) is 19.2 Å². The zero-order valence-electron chi connectivity index (χ0n) is 16.3. The summed E-state index contributed by atoms with van der Waals surface area (Å²) in [4.78, 5) is 24.8. The average molecular weight is 413 g/mol. The van der Waals surface area contributed by atoms with Crippen LogP contribution in [-0.2, 0) is 19.1 Å². The zero-order valence-corrected chi connectivity index (χ0v) is 17.2. The van der Waals surface area contributed by atoms with Gasteiger partial charge in [-0.05, 0) is 26.3 Å². The number of thiol groups is 1. The maximum absolute atomic E-state index is 12.6. The van der Waals surface area contributed by atoms with Crippen LogP contribution >= 0.6 is 12.6 Å². The summed E-state index contributed by atoms with van der Waals surface area (Å²) >= 11 is 4.07. The van der Waals surface area contributed by atoms with Crippen LogP contribution in [0.1, 0.15) is 33.6 Å². The number of ether oxygens (including phenoxy) is 2. The van der Waals surface area contributed by atoms with Crippen LogP contribution in [0.5, 0.6) is 0 Å². The second-order valence-electron chi connectivity index (χ2n) is 7.62. The summed E-state index contributed by atoms with van der Waals surface area (Å²) in [6.45, 7) is 7.99. The molecular weight excluding hydrogens is 384 g/mol. The smallest absolute Gasteiger partial charge is 0.342 e. The lowest BCUT2D eigenvalue weighted by Gasteiger charge is -2.32. The highest BCUT2D eigenvalue weighted by Gasteiger charge is 2.48. The molecule has 0 aromatic heterocycles. The first-order valence-electron chi connectivity index (χ1n) is 9.14. The third kappa shape index (κ3) is 4.68. The summed E-state index contributed by atoms with van der Waals surface area (Å²) in [5.41, 5.74) is -0.455. The molecule has 0 radical (unpaired) electrons. The Bertz CT molecular complexity index is 711. The summed E-state index contributed by atoms with van der Waals surface area (Å²) in [5.74, 6) is -2.27. The molecule has 0 saturated carbocycles. The molecule has 1 aliphatic heterocycles. The van der Waals surface area contributed by atoms with Gasteiger partial charge in [0, 0.05) is 17.2 Å². The standard InChI is InChI=1S/C20H28O7S/c1-10-5-14(22)6-11(2)8-16(17-12(3)18(23)26-15(17)7-10)27-19(24)20(25,9-21)13(4)28/h6-7,13-17,21-22,25,28H,3,5,8-9H2,1-2,4H3/b10-7+,11-6+/t13?,14-,15+,16+,17-,20+/m0/s1. The van der Waals surface area contributed by atoms with Crippen molar-refractivity contribution in [2.45, 2.75) is 62.8 Å². The molecule has 0 spiro atoms. The molecule has 6 atom stereocenters. The van der Waals surface area contributed by atoms with Gasteiger partial charge in [0.05, 0.1) is 18.6 Å². The number of hydrogen-bond donors (Lipinski definition) is 4. The van der Waals surface area contributed by atoms with Gasteiger partial charge in [0.15, 0.2) is 5.60 Å². The Labute approximate surface area is 170 Å². The number of carbonyl (C=O) groups is 2. The van der Waals surface area contributed by atoms with Crippen molar-refractivity contribution in [1.29, 1.82) is 0 Å². The fourth-order valence-corrected chi connectivity index (χ4v) is 3.67. The Morgan fingerprint density at radius 1 is 1.39 bits per heavy atom. The predicted octanol–water partition coefficient (Wildman–Crippen LogP) is 1.08. The third-order valence-corrected chi connectivity index (χ3v) is 5.61. The van der Waals surface area contributed by atoms with Gasteiger partial charge < -0.3 is 24.8 Å². The molecule has 2 aliphatic rings. The average Bonchev–Trinajstić information content (AvgIpc) is 2.85. The molecule has 0 bridgehead atoms. The Kier molecular flexibility index (Phi) is 7.14. The van der Waals surface area contributed by atoms with E-state index in [9.17, 15) is 24.9 Å². The topological polar surface area (TPSA) is 113 Å². The van der Waals surface area contributed by atoms with Crippen molar-refractivity contribution >= 4 is 24.6 Å². The van der Waals surface area contributed by atoms with E-state index in [0.717, 1.165) is 11.1 Å². The van der Waals surface area contributed by atoms with E-state index in [4.69, 9.17) is 9.47 Å². The minimum atomic E-state index is -2.19. The summed E-state index contributed by atoms with van der Waals surface area (Å²) in [6.07, 6.45) is 1.66. The van der Waals surface area contributed by atoms with E-state index >= 15 is 0 Å². The summed E-state index contributed by atoms with van der Waals surface area (Å²) in [7, 11) is 0. The monoisotopic (exact) mass is 412 g/mol. The van der Waals surface area contributed by atoms with Gasteiger partial charge in [-0.3, -0.25) is 0 Å². The summed E-state index contributed by atoms with van der Waals surface area (Å²) in [5, 5.41) is 29.2. The van der Waals surface area contributed by atoms with Crippen molar-refractivity contribution < 1.29 is 34.4 Å². The first-order chi connectivity index (χ1) is 13.0. The molecular formula is C20H28O7S. The maximum atomic E-state index is 12.6. The lowest BCUT2D eigenvalue weighted by Crippen LogP contribution is -2.52. The number of aliphatic hydroxyl groups excluding tert-OH is 2. The molecule has 1 fully saturated rings. The van der Waals surface area contributed by atoms with Gasteiger partial charge in [0.1, 0.15) is 12.2 Å². The molecule has 28 heavy (non-hydrogen) atoms. The van der Waals surface area contributed by atoms with Crippen molar-refractivity contribution in [3.05, 3.63) is 35.5 Å². The molecule has 1 saturated heterocycles. The van der Waals surface area contributed by atoms with Crippen molar-refractivity contribution in [3.63, 3.8) is 0 Å². The number of aliphatic hydroxyl groups is 3. The van der Waals surface area contributed by atoms with E-state index in [1.165, 1.54) is 6.92 Å². The Morgan fingerprint density at radius 3 is 2.57 bits per heavy atom. The van der Waals surface area contributed by atoms with Gasteiger partial charge in [0.2, 0.25) is 0 Å². The Morgan fingerprint density at radius 2 is 2.00 bits per heavy atom. The van der Waals surface area contributed by atoms with Crippen molar-refractivity contribution in [1.82, 2.24) is 0 Å². The normalized spacial score (nSPS) is 35.4. The first-order valence-corrected chi connectivity index (χ1v) is 9.66. The lowest BCUT2D eigenvalue weighted by atomic mass is 9.85. The molecule has 1 unspecified atom stereocenters. The Balaban J connectivity index is 2.43. The molecule has 7 nitrogen and oxygen atoms in total. The number of fused-ring (bicyclic) bond motifs is 1. The molecule has 1 aliphatic carbocycles. The molecule has 2 rings (SSSR count). The van der Waals surface area contributed by atoms with E-state index in [0.29, 0.717) is 6.42 Å². The van der Waals surface area contributed by atoms with Crippen LogP contribution in [0, 0.1) is 5.92 Å². The predicted molar refractivity (Wildman–Crippen MR) is 106 cm³/mol. The van der Waals surface area contributed by atoms with Crippen LogP contribution in [0.2, 0.25) is 0 Å². The highest BCUT2D eigenvalue weighted by Crippen LogP contribution is 2.37. The third-order valence-electron chi connectivity index (χ3n) is 5.19. The second-order valence-corrected chi connectivity index (χ2v) is 8.40. The SMILES string of the molecule is C=C1C(=O)O[C@@H]2/C=C(\C)C[C@H](O)/C=C(\C)C[C@@H](OC(=O)[C@@](O)(CO)C(C)S)[C@@H]12. The minimum absolute atomic E-state index is 0.173. The summed E-state index contributed by atoms with van der Waals surface area (Å²) in [6, 6.07) is 0. The van der Waals surface area contributed by atoms with Crippen LogP contribution in [0.4, 0.5) is 0 Å². The van der Waals surface area contributed by atoms with Gasteiger partial charge in [-0.1, -0.05) is 30.7 Å². The first kappa shape index (κ1) is 22.7. The van der Waals surface area contributed by atoms with Gasteiger partial charge in [-0.2, -0.15) is 12.6 Å². The highest BCUT2D eigenvalue weighted by molar-refractivity contribution is 7.81. The lowest BCUT2D eigenvalue weighted by molar-refractivity contribution is -0.177. The van der Waals surface area contributed by atoms with Crippen LogP contribution in [0.3, 0.4) is 0 Å². The van der Waals surface area contributed by atoms with Gasteiger partial charge in [0.25, 0.3) is 0 Å². The maximum Gasteiger partial charge on any atom is 0.342 e. The molecule has 0 aromatic carbocycles. The largest absolute Gasteiger partial charge is 0.459 e. The van der Waals surface area contributed by atoms with E-state index in [1.54, 1.807) is 19.1 Å². The highest BCUT2D eigenvalue weighted by atomic mass is 32.1. The quantitative estimate of drug-likeness (QED) is 0.237. The van der Waals surface area contributed by atoms with Gasteiger partial charge in [-0.25, -0.2) is 9.59 Å². The van der Waals surface area contributed by atoms with E-state index in [-0.39, 0.29) is 12.0 Å². The van der Waals surface area contributed by atoms with Gasteiger partial charge in [-0.15, -0.1) is 0 Å². The van der Waals surface area contributed by atoms with Crippen LogP contribution in [0.25, 0.3) is 0 Å².